The van der Waals surface area contributed by atoms with Crippen molar-refractivity contribution in [2.24, 2.45) is 5.73 Å². The molecular weight excluding hydrogens is 437 g/mol. The van der Waals surface area contributed by atoms with Crippen LogP contribution in [-0.4, -0.2) is 20.9 Å². The molecule has 33 heavy (non-hydrogen) atoms. The van der Waals surface area contributed by atoms with Crippen molar-refractivity contribution in [2.75, 3.05) is 11.1 Å². The minimum absolute atomic E-state index is 0.0113. The highest BCUT2D eigenvalue weighted by molar-refractivity contribution is 6.12. The first-order chi connectivity index (χ1) is 15.7. The Morgan fingerprint density at radius 1 is 1.06 bits per heavy atom. The van der Waals surface area contributed by atoms with E-state index in [-0.39, 0.29) is 35.1 Å². The zero-order valence-electron chi connectivity index (χ0n) is 16.9. The number of aromatic nitrogens is 3. The Balaban J connectivity index is 1.61. The first-order valence-electron chi connectivity index (χ1n) is 9.59. The molecule has 1 amide bonds. The lowest BCUT2D eigenvalue weighted by Crippen LogP contribution is -2.16. The maximum absolute atomic E-state index is 13.3. The normalized spacial score (nSPS) is 11.4. The summed E-state index contributed by atoms with van der Waals surface area (Å²) in [7, 11) is 0. The molecule has 0 spiro atoms. The third-order valence-corrected chi connectivity index (χ3v) is 4.75. The largest absolute Gasteiger partial charge is 0.439 e. The van der Waals surface area contributed by atoms with Crippen LogP contribution in [0, 0.1) is 0 Å². The third kappa shape index (κ3) is 4.83. The van der Waals surface area contributed by atoms with Crippen LogP contribution in [0.3, 0.4) is 0 Å². The number of ether oxygens (including phenoxy) is 1. The van der Waals surface area contributed by atoms with Gasteiger partial charge in [-0.1, -0.05) is 6.07 Å². The number of alkyl halides is 3. The minimum atomic E-state index is -4.60. The third-order valence-electron chi connectivity index (χ3n) is 4.75. The quantitative estimate of drug-likeness (QED) is 0.413. The molecule has 0 fully saturated rings. The first-order valence-corrected chi connectivity index (χ1v) is 9.59. The number of amides is 1. The number of pyridine rings is 1. The van der Waals surface area contributed by atoms with Crippen molar-refractivity contribution in [3.05, 3.63) is 77.9 Å². The van der Waals surface area contributed by atoms with Gasteiger partial charge < -0.3 is 21.5 Å². The van der Waals surface area contributed by atoms with Crippen molar-refractivity contribution in [3.63, 3.8) is 0 Å². The summed E-state index contributed by atoms with van der Waals surface area (Å²) in [6.07, 6.45) is -0.464. The Hall–Kier alpha value is -4.25. The monoisotopic (exact) mass is 454 g/mol. The van der Waals surface area contributed by atoms with Crippen LogP contribution in [0.1, 0.15) is 21.5 Å². The molecule has 4 rings (SSSR count). The molecule has 0 saturated heterocycles. The molecule has 0 aliphatic carbocycles. The zero-order chi connectivity index (χ0) is 23.6. The average molecular weight is 454 g/mol. The van der Waals surface area contributed by atoms with Crippen LogP contribution in [0.4, 0.5) is 24.7 Å². The SMILES string of the molecule is NCc1ccc(NC(=O)c2cncc3cc(Oc4cc(N)ncn4)ccc23)cc1C(F)(F)F. The van der Waals surface area contributed by atoms with Gasteiger partial charge in [-0.05, 0) is 41.3 Å². The van der Waals surface area contributed by atoms with E-state index in [1.807, 2.05) is 0 Å². The Kier molecular flexibility index (Phi) is 5.80. The predicted molar refractivity (Wildman–Crippen MR) is 116 cm³/mol. The van der Waals surface area contributed by atoms with E-state index in [9.17, 15) is 18.0 Å². The summed E-state index contributed by atoms with van der Waals surface area (Å²) in [6.45, 7) is -0.275. The molecule has 0 aliphatic rings. The second-order valence-corrected chi connectivity index (χ2v) is 6.98. The number of benzene rings is 2. The molecule has 0 radical (unpaired) electrons. The number of rotatable bonds is 5. The van der Waals surface area contributed by atoms with E-state index < -0.39 is 17.6 Å². The van der Waals surface area contributed by atoms with Gasteiger partial charge in [0.25, 0.3) is 5.91 Å². The first kappa shape index (κ1) is 22.0. The number of nitrogens with two attached hydrogens (primary N) is 2. The molecule has 5 N–H and O–H groups in total. The Morgan fingerprint density at radius 3 is 2.61 bits per heavy atom. The Labute approximate surface area is 185 Å². The van der Waals surface area contributed by atoms with Gasteiger partial charge in [0.1, 0.15) is 17.9 Å². The second kappa shape index (κ2) is 8.71. The van der Waals surface area contributed by atoms with Gasteiger partial charge in [0, 0.05) is 36.1 Å². The summed E-state index contributed by atoms with van der Waals surface area (Å²) in [5.41, 5.74) is 10.2. The number of fused-ring (bicyclic) bond motifs is 1. The van der Waals surface area contributed by atoms with E-state index in [1.165, 1.54) is 36.9 Å². The molecule has 0 atom stereocenters. The maximum Gasteiger partial charge on any atom is 0.416 e. The lowest BCUT2D eigenvalue weighted by molar-refractivity contribution is -0.138. The molecule has 2 heterocycles. The number of carbonyl (C=O) groups is 1. The molecule has 8 nitrogen and oxygen atoms in total. The van der Waals surface area contributed by atoms with Gasteiger partial charge in [0.2, 0.25) is 5.88 Å². The second-order valence-electron chi connectivity index (χ2n) is 6.98. The van der Waals surface area contributed by atoms with Crippen molar-refractivity contribution in [2.45, 2.75) is 12.7 Å². The van der Waals surface area contributed by atoms with Crippen molar-refractivity contribution >= 4 is 28.2 Å². The van der Waals surface area contributed by atoms with Gasteiger partial charge in [-0.15, -0.1) is 0 Å². The van der Waals surface area contributed by atoms with Crippen molar-refractivity contribution < 1.29 is 22.7 Å². The summed E-state index contributed by atoms with van der Waals surface area (Å²) in [6, 6.07) is 9.83. The summed E-state index contributed by atoms with van der Waals surface area (Å²) in [5.74, 6) is 0.297. The standard InChI is InChI=1S/C22H17F3N6O2/c23-22(24,25)18-6-14(2-1-12(18)8-26)31-21(32)17-10-28-9-13-5-15(3-4-16(13)17)33-20-7-19(27)29-11-30-20/h1-7,9-11H,8,26H2,(H,31,32)(H2,27,29,30). The van der Waals surface area contributed by atoms with Gasteiger partial charge in [0.05, 0.1) is 11.1 Å². The van der Waals surface area contributed by atoms with Crippen molar-refractivity contribution in [3.8, 4) is 11.6 Å². The van der Waals surface area contributed by atoms with Gasteiger partial charge in [-0.25, -0.2) is 9.97 Å². The van der Waals surface area contributed by atoms with E-state index in [2.05, 4.69) is 20.3 Å². The van der Waals surface area contributed by atoms with Crippen LogP contribution in [0.5, 0.6) is 11.6 Å². The molecule has 2 aromatic heterocycles. The zero-order valence-corrected chi connectivity index (χ0v) is 16.9. The molecule has 0 bridgehead atoms. The smallest absolute Gasteiger partial charge is 0.416 e. The van der Waals surface area contributed by atoms with Crippen LogP contribution in [-0.2, 0) is 12.7 Å². The highest BCUT2D eigenvalue weighted by Gasteiger charge is 2.33. The average Bonchev–Trinajstić information content (AvgIpc) is 2.78. The minimum Gasteiger partial charge on any atom is -0.439 e. The summed E-state index contributed by atoms with van der Waals surface area (Å²) in [5, 5.41) is 3.61. The molecule has 0 unspecified atom stereocenters. The van der Waals surface area contributed by atoms with Crippen molar-refractivity contribution in [1.82, 2.24) is 15.0 Å². The van der Waals surface area contributed by atoms with Crippen LogP contribution in [0.15, 0.2) is 61.2 Å². The molecule has 4 aromatic rings. The maximum atomic E-state index is 13.3. The number of nitrogens with zero attached hydrogens (tertiary/aromatic N) is 3. The van der Waals surface area contributed by atoms with Gasteiger partial charge >= 0.3 is 6.18 Å². The fourth-order valence-electron chi connectivity index (χ4n) is 3.22. The van der Waals surface area contributed by atoms with E-state index in [1.54, 1.807) is 18.2 Å². The number of anilines is 2. The molecule has 0 aliphatic heterocycles. The molecular formula is C22H17F3N6O2. The topological polar surface area (TPSA) is 129 Å². The van der Waals surface area contributed by atoms with Gasteiger partial charge in [0.15, 0.2) is 0 Å². The van der Waals surface area contributed by atoms with E-state index >= 15 is 0 Å². The number of hydrogen-bond donors (Lipinski definition) is 3. The number of nitrogens with one attached hydrogen (secondary N) is 1. The lowest BCUT2D eigenvalue weighted by Gasteiger charge is -2.14. The number of nitrogen functional groups attached to an aromatic ring is 1. The number of carbonyl (C=O) groups excluding carboxylic acids is 1. The highest BCUT2D eigenvalue weighted by Crippen LogP contribution is 2.34. The van der Waals surface area contributed by atoms with Crippen LogP contribution >= 0.6 is 0 Å². The Morgan fingerprint density at radius 2 is 1.88 bits per heavy atom. The number of hydrogen-bond acceptors (Lipinski definition) is 7. The predicted octanol–water partition coefficient (Wildman–Crippen LogP) is 4.13. The molecule has 2 aromatic carbocycles. The van der Waals surface area contributed by atoms with Gasteiger partial charge in [-0.3, -0.25) is 9.78 Å². The van der Waals surface area contributed by atoms with Crippen LogP contribution in [0.25, 0.3) is 10.8 Å². The Bertz CT molecular complexity index is 1340. The van der Waals surface area contributed by atoms with E-state index in [0.717, 1.165) is 6.07 Å². The highest BCUT2D eigenvalue weighted by atomic mass is 19.4. The van der Waals surface area contributed by atoms with Gasteiger partial charge in [-0.2, -0.15) is 13.2 Å². The van der Waals surface area contributed by atoms with E-state index in [4.69, 9.17) is 16.2 Å². The van der Waals surface area contributed by atoms with Crippen LogP contribution < -0.4 is 21.5 Å². The fourth-order valence-corrected chi connectivity index (χ4v) is 3.22. The van der Waals surface area contributed by atoms with Crippen LogP contribution in [0.2, 0.25) is 0 Å². The number of halogens is 3. The summed E-state index contributed by atoms with van der Waals surface area (Å²) >= 11 is 0. The lowest BCUT2D eigenvalue weighted by atomic mass is 10.0. The van der Waals surface area contributed by atoms with Crippen molar-refractivity contribution in [1.29, 1.82) is 0 Å². The fraction of sp³-hybridized carbons (Fsp3) is 0.0909. The molecule has 168 valence electrons. The van der Waals surface area contributed by atoms with E-state index in [0.29, 0.717) is 16.5 Å². The summed E-state index contributed by atoms with van der Waals surface area (Å²) in [4.78, 5) is 24.7. The summed E-state index contributed by atoms with van der Waals surface area (Å²) < 4.78 is 45.5. The molecule has 11 heteroatoms. The molecule has 0 saturated carbocycles.